The summed E-state index contributed by atoms with van der Waals surface area (Å²) in [5.41, 5.74) is 2.34. The van der Waals surface area contributed by atoms with E-state index in [0.717, 1.165) is 25.9 Å². The Hall–Kier alpha value is -1.61. The van der Waals surface area contributed by atoms with E-state index < -0.39 is 10.2 Å². The zero-order valence-corrected chi connectivity index (χ0v) is 12.7. The van der Waals surface area contributed by atoms with Gasteiger partial charge >= 0.3 is 0 Å². The first-order valence-electron chi connectivity index (χ1n) is 6.68. The Bertz CT molecular complexity index is 461. The van der Waals surface area contributed by atoms with Crippen LogP contribution in [0.25, 0.3) is 0 Å². The Morgan fingerprint density at radius 1 is 0.773 bits per heavy atom. The van der Waals surface area contributed by atoms with E-state index in [0.29, 0.717) is 0 Å². The number of hydrogen-bond acceptors (Lipinski definition) is 6. The number of nitrogens with two attached hydrogens (primary N) is 1. The van der Waals surface area contributed by atoms with Crippen molar-refractivity contribution in [2.45, 2.75) is 12.8 Å². The molecular formula is C14H18ClN3O4. The van der Waals surface area contributed by atoms with Crippen LogP contribution in [0.5, 0.6) is 0 Å². The predicted molar refractivity (Wildman–Crippen MR) is 67.5 cm³/mol. The van der Waals surface area contributed by atoms with E-state index >= 15 is 0 Å². The molecule has 7 nitrogen and oxygen atoms in total. The lowest BCUT2D eigenvalue weighted by molar-refractivity contribution is -2.00. The third-order valence-corrected chi connectivity index (χ3v) is 2.66. The second-order valence-electron chi connectivity index (χ2n) is 4.39. The fraction of sp³-hybridized carbons (Fsp3) is 0.286. The van der Waals surface area contributed by atoms with Crippen molar-refractivity contribution in [3.63, 3.8) is 0 Å². The highest BCUT2D eigenvalue weighted by Gasteiger charge is 1.97. The molecule has 0 aliphatic rings. The van der Waals surface area contributed by atoms with E-state index in [1.807, 2.05) is 36.7 Å². The first-order chi connectivity index (χ1) is 10.4. The quantitative estimate of drug-likeness (QED) is 0.538. The van der Waals surface area contributed by atoms with Gasteiger partial charge in [-0.15, -0.1) is 10.2 Å². The summed E-state index contributed by atoms with van der Waals surface area (Å²) in [6.07, 6.45) is 5.76. The maximum Gasteiger partial charge on any atom is 0.0811 e. The summed E-state index contributed by atoms with van der Waals surface area (Å²) < 4.78 is 34.0. The van der Waals surface area contributed by atoms with Crippen LogP contribution in [-0.2, 0) is 12.8 Å². The van der Waals surface area contributed by atoms with Gasteiger partial charge in [0.05, 0.1) is 13.1 Å². The van der Waals surface area contributed by atoms with Crippen LogP contribution in [0.1, 0.15) is 11.4 Å². The summed E-state index contributed by atoms with van der Waals surface area (Å²) >= 11 is 0. The summed E-state index contributed by atoms with van der Waals surface area (Å²) in [5.74, 6) is 0. The van der Waals surface area contributed by atoms with Crippen LogP contribution < -0.4 is 24.0 Å². The standard InChI is InChI=1S/C14H17N3.ClHO4/c1-3-9-16-13(5-1)7-11-15-12-8-14-6-2-4-10-17-14;2-1(3,4)5/h1-6,9-10,15H,7-8,11-12H2;(H,2,3,4,5). The third kappa shape index (κ3) is 11.1. The van der Waals surface area contributed by atoms with Gasteiger partial charge in [-0.3, -0.25) is 9.97 Å². The molecule has 2 N–H and O–H groups in total. The number of nitrogens with zero attached hydrogens (tertiary/aromatic N) is 2. The van der Waals surface area contributed by atoms with Crippen molar-refractivity contribution in [3.8, 4) is 0 Å². The van der Waals surface area contributed by atoms with Crippen molar-refractivity contribution in [1.29, 1.82) is 0 Å². The first-order valence-corrected chi connectivity index (χ1v) is 7.92. The van der Waals surface area contributed by atoms with Crippen LogP contribution in [0.4, 0.5) is 0 Å². The largest absolute Gasteiger partial charge is 0.346 e. The Kier molecular flexibility index (Phi) is 8.53. The Morgan fingerprint density at radius 3 is 1.50 bits per heavy atom. The van der Waals surface area contributed by atoms with Gasteiger partial charge in [0.15, 0.2) is 0 Å². The molecule has 0 amide bonds. The summed E-state index contributed by atoms with van der Waals surface area (Å²) in [7, 11) is -4.94. The average molecular weight is 328 g/mol. The molecule has 2 heterocycles. The smallest absolute Gasteiger partial charge is 0.0811 e. The number of quaternary nitrogens is 1. The number of pyridine rings is 2. The van der Waals surface area contributed by atoms with E-state index in [-0.39, 0.29) is 0 Å². The minimum absolute atomic E-state index is 1.03. The van der Waals surface area contributed by atoms with Crippen molar-refractivity contribution in [2.75, 3.05) is 13.1 Å². The summed E-state index contributed by atoms with van der Waals surface area (Å²) in [4.78, 5) is 8.60. The maximum absolute atomic E-state index is 8.49. The molecule has 0 unspecified atom stereocenters. The van der Waals surface area contributed by atoms with Crippen molar-refractivity contribution >= 4 is 0 Å². The second kappa shape index (κ2) is 10.2. The van der Waals surface area contributed by atoms with Crippen molar-refractivity contribution in [2.24, 2.45) is 0 Å². The highest BCUT2D eigenvalue weighted by Crippen LogP contribution is 1.93. The third-order valence-electron chi connectivity index (χ3n) is 2.66. The molecule has 120 valence electrons. The first kappa shape index (κ1) is 18.4. The van der Waals surface area contributed by atoms with Gasteiger partial charge in [0, 0.05) is 36.6 Å². The number of aromatic nitrogens is 2. The van der Waals surface area contributed by atoms with Crippen LogP contribution in [0.2, 0.25) is 0 Å². The predicted octanol–water partition coefficient (Wildman–Crippen LogP) is -3.93. The van der Waals surface area contributed by atoms with Crippen molar-refractivity contribution in [3.05, 3.63) is 60.2 Å². The summed E-state index contributed by atoms with van der Waals surface area (Å²) in [5, 5.41) is 2.32. The molecule has 0 bridgehead atoms. The number of rotatable bonds is 6. The average Bonchev–Trinajstić information content (AvgIpc) is 2.47. The molecule has 2 rings (SSSR count). The molecule has 22 heavy (non-hydrogen) atoms. The molecule has 0 radical (unpaired) electrons. The highest BCUT2D eigenvalue weighted by molar-refractivity contribution is 5.04. The van der Waals surface area contributed by atoms with Crippen LogP contribution in [0.15, 0.2) is 48.8 Å². The van der Waals surface area contributed by atoms with E-state index in [1.165, 1.54) is 11.4 Å². The molecule has 0 saturated heterocycles. The lowest BCUT2D eigenvalue weighted by Crippen LogP contribution is -2.85. The van der Waals surface area contributed by atoms with Gasteiger partial charge < -0.3 is 5.32 Å². The Labute approximate surface area is 131 Å². The van der Waals surface area contributed by atoms with Crippen LogP contribution in [0.3, 0.4) is 0 Å². The monoisotopic (exact) mass is 327 g/mol. The van der Waals surface area contributed by atoms with Crippen LogP contribution >= 0.6 is 0 Å². The topological polar surface area (TPSA) is 135 Å². The fourth-order valence-corrected chi connectivity index (χ4v) is 1.74. The molecule has 8 heteroatoms. The molecule has 2 aromatic heterocycles. The molecule has 0 atom stereocenters. The normalized spacial score (nSPS) is 10.7. The maximum atomic E-state index is 8.49. The zero-order chi connectivity index (χ0) is 16.3. The van der Waals surface area contributed by atoms with Gasteiger partial charge in [-0.1, -0.05) is 12.1 Å². The molecule has 0 spiro atoms. The van der Waals surface area contributed by atoms with Crippen LogP contribution in [0, 0.1) is 10.2 Å². The van der Waals surface area contributed by atoms with E-state index in [2.05, 4.69) is 27.4 Å². The Balaban J connectivity index is 0.000000422. The Morgan fingerprint density at radius 2 is 1.18 bits per heavy atom. The van der Waals surface area contributed by atoms with Crippen LogP contribution in [-0.4, -0.2) is 23.1 Å². The molecule has 0 fully saturated rings. The van der Waals surface area contributed by atoms with E-state index in [1.54, 1.807) is 0 Å². The van der Waals surface area contributed by atoms with Crippen molar-refractivity contribution < 1.29 is 34.2 Å². The van der Waals surface area contributed by atoms with Gasteiger partial charge in [-0.05, 0) is 24.3 Å². The van der Waals surface area contributed by atoms with Gasteiger partial charge in [-0.2, -0.15) is 0 Å². The lowest BCUT2D eigenvalue weighted by atomic mass is 10.2. The zero-order valence-electron chi connectivity index (χ0n) is 11.9. The molecule has 0 aromatic carbocycles. The van der Waals surface area contributed by atoms with Gasteiger partial charge in [-0.25, -0.2) is 18.6 Å². The molecule has 0 aliphatic heterocycles. The highest BCUT2D eigenvalue weighted by atomic mass is 35.7. The molecule has 0 saturated carbocycles. The van der Waals surface area contributed by atoms with Gasteiger partial charge in [0.25, 0.3) is 0 Å². The minimum Gasteiger partial charge on any atom is -0.346 e. The molecular weight excluding hydrogens is 310 g/mol. The lowest BCUT2D eigenvalue weighted by Gasteiger charge is -2.17. The number of hydrogen-bond donors (Lipinski definition) is 1. The van der Waals surface area contributed by atoms with Gasteiger partial charge in [0.2, 0.25) is 0 Å². The second-order valence-corrected chi connectivity index (χ2v) is 5.14. The summed E-state index contributed by atoms with van der Waals surface area (Å²) in [6, 6.07) is 12.1. The number of halogens is 1. The van der Waals surface area contributed by atoms with E-state index in [9.17, 15) is 0 Å². The van der Waals surface area contributed by atoms with E-state index in [4.69, 9.17) is 18.6 Å². The minimum atomic E-state index is -4.94. The fourth-order valence-electron chi connectivity index (χ4n) is 1.74. The molecule has 0 aliphatic carbocycles. The van der Waals surface area contributed by atoms with Crippen molar-refractivity contribution in [1.82, 2.24) is 9.97 Å². The molecule has 2 aromatic rings. The van der Waals surface area contributed by atoms with Gasteiger partial charge in [0.1, 0.15) is 0 Å². The summed E-state index contributed by atoms with van der Waals surface area (Å²) in [6.45, 7) is 2.17. The SMILES string of the molecule is [O-][Cl+3]([O-])([O-])[O-].c1ccc(CC[NH2+]CCc2ccccn2)nc1.